The number of ether oxygens (including phenoxy) is 1. The molecule has 2 aromatic carbocycles. The Morgan fingerprint density at radius 1 is 1.24 bits per heavy atom. The first-order valence-corrected chi connectivity index (χ1v) is 12.9. The molecule has 0 spiro atoms. The van der Waals surface area contributed by atoms with Crippen molar-refractivity contribution in [1.82, 2.24) is 14.8 Å². The average Bonchev–Trinajstić information content (AvgIpc) is 3.45. The van der Waals surface area contributed by atoms with Crippen molar-refractivity contribution in [2.24, 2.45) is 0 Å². The van der Waals surface area contributed by atoms with Gasteiger partial charge in [0.15, 0.2) is 11.0 Å². The van der Waals surface area contributed by atoms with E-state index in [1.54, 1.807) is 18.2 Å². The number of hydrogen-bond donors (Lipinski definition) is 1. The van der Waals surface area contributed by atoms with E-state index in [1.807, 2.05) is 34.9 Å². The van der Waals surface area contributed by atoms with Gasteiger partial charge < -0.3 is 10.1 Å². The van der Waals surface area contributed by atoms with Crippen molar-refractivity contribution in [3.63, 3.8) is 0 Å². The number of benzene rings is 2. The molecule has 0 radical (unpaired) electrons. The second-order valence-electron chi connectivity index (χ2n) is 7.72. The third-order valence-electron chi connectivity index (χ3n) is 5.28. The van der Waals surface area contributed by atoms with Crippen LogP contribution in [0.1, 0.15) is 25.7 Å². The molecule has 0 atom stereocenters. The van der Waals surface area contributed by atoms with E-state index in [4.69, 9.17) is 16.3 Å². The number of rotatable bonds is 9. The number of allylic oxidation sites excluding steroid dienone is 1. The summed E-state index contributed by atoms with van der Waals surface area (Å²) in [5.41, 5.74) is 1.50. The zero-order valence-corrected chi connectivity index (χ0v) is 21.1. The number of aromatic nitrogens is 3. The molecule has 0 unspecified atom stereocenters. The van der Waals surface area contributed by atoms with Crippen molar-refractivity contribution in [2.75, 3.05) is 11.1 Å². The molecule has 1 saturated carbocycles. The van der Waals surface area contributed by atoms with E-state index >= 15 is 0 Å². The van der Waals surface area contributed by atoms with Crippen LogP contribution in [0, 0.1) is 0 Å². The largest absolute Gasteiger partial charge is 0.490 e. The third-order valence-corrected chi connectivity index (χ3v) is 7.06. The van der Waals surface area contributed by atoms with Gasteiger partial charge >= 0.3 is 0 Å². The zero-order valence-electron chi connectivity index (χ0n) is 18.0. The van der Waals surface area contributed by atoms with Crippen molar-refractivity contribution >= 4 is 50.9 Å². The minimum Gasteiger partial charge on any atom is -0.490 e. The fraction of sp³-hybridized carbons (Fsp3) is 0.292. The van der Waals surface area contributed by atoms with Gasteiger partial charge in [-0.05, 0) is 68.1 Å². The lowest BCUT2D eigenvalue weighted by Crippen LogP contribution is -2.15. The van der Waals surface area contributed by atoms with Gasteiger partial charge in [0, 0.05) is 16.6 Å². The molecule has 33 heavy (non-hydrogen) atoms. The fourth-order valence-electron chi connectivity index (χ4n) is 3.69. The summed E-state index contributed by atoms with van der Waals surface area (Å²) in [6, 6.07) is 13.3. The molecule has 1 heterocycles. The molecule has 0 bridgehead atoms. The predicted octanol–water partition coefficient (Wildman–Crippen LogP) is 6.60. The van der Waals surface area contributed by atoms with E-state index in [9.17, 15) is 4.79 Å². The molecule has 4 rings (SSSR count). The molecule has 1 fully saturated rings. The molecular formula is C24H24BrClN4O2S. The van der Waals surface area contributed by atoms with Crippen LogP contribution in [0.5, 0.6) is 5.75 Å². The lowest BCUT2D eigenvalue weighted by Gasteiger charge is -2.13. The molecule has 1 aliphatic rings. The van der Waals surface area contributed by atoms with E-state index in [-0.39, 0.29) is 11.7 Å². The van der Waals surface area contributed by atoms with Crippen LogP contribution in [-0.4, -0.2) is 32.5 Å². The van der Waals surface area contributed by atoms with Crippen LogP contribution < -0.4 is 10.1 Å². The van der Waals surface area contributed by atoms with E-state index in [0.717, 1.165) is 34.5 Å². The normalized spacial score (nSPS) is 13.8. The van der Waals surface area contributed by atoms with Crippen molar-refractivity contribution in [2.45, 2.75) is 43.5 Å². The Balaban J connectivity index is 1.42. The molecule has 9 heteroatoms. The van der Waals surface area contributed by atoms with Crippen LogP contribution in [0.3, 0.4) is 0 Å². The summed E-state index contributed by atoms with van der Waals surface area (Å²) in [6.45, 7) is 4.38. The lowest BCUT2D eigenvalue weighted by molar-refractivity contribution is -0.113. The highest BCUT2D eigenvalue weighted by molar-refractivity contribution is 9.10. The molecule has 3 aromatic rings. The first-order valence-electron chi connectivity index (χ1n) is 10.7. The Morgan fingerprint density at radius 3 is 2.70 bits per heavy atom. The number of carbonyl (C=O) groups excluding carboxylic acids is 1. The number of anilines is 1. The number of nitrogens with one attached hydrogen (secondary N) is 1. The Bertz CT molecular complexity index is 1130. The Kier molecular flexibility index (Phi) is 8.11. The summed E-state index contributed by atoms with van der Waals surface area (Å²) >= 11 is 10.9. The maximum absolute atomic E-state index is 12.5. The maximum atomic E-state index is 12.5. The summed E-state index contributed by atoms with van der Waals surface area (Å²) in [5, 5.41) is 12.6. The maximum Gasteiger partial charge on any atom is 0.234 e. The smallest absolute Gasteiger partial charge is 0.234 e. The molecular weight excluding hydrogens is 524 g/mol. The summed E-state index contributed by atoms with van der Waals surface area (Å²) in [4.78, 5) is 12.5. The quantitative estimate of drug-likeness (QED) is 0.241. The van der Waals surface area contributed by atoms with E-state index in [1.165, 1.54) is 24.6 Å². The summed E-state index contributed by atoms with van der Waals surface area (Å²) in [6.07, 6.45) is 6.83. The van der Waals surface area contributed by atoms with Crippen LogP contribution in [-0.2, 0) is 11.3 Å². The number of thioether (sulfide) groups is 1. The molecule has 1 aromatic heterocycles. The first-order chi connectivity index (χ1) is 16.0. The fourth-order valence-corrected chi connectivity index (χ4v) is 5.16. The molecule has 6 nitrogen and oxygen atoms in total. The number of nitrogens with zero attached hydrogens (tertiary/aromatic N) is 3. The first kappa shape index (κ1) is 23.9. The molecule has 1 aliphatic carbocycles. The van der Waals surface area contributed by atoms with E-state index in [0.29, 0.717) is 28.5 Å². The molecule has 1 amide bonds. The summed E-state index contributed by atoms with van der Waals surface area (Å²) in [7, 11) is 0. The van der Waals surface area contributed by atoms with Crippen LogP contribution in [0.15, 0.2) is 64.7 Å². The monoisotopic (exact) mass is 546 g/mol. The number of carbonyl (C=O) groups is 1. The molecule has 1 N–H and O–H groups in total. The summed E-state index contributed by atoms with van der Waals surface area (Å²) < 4.78 is 8.86. The van der Waals surface area contributed by atoms with Gasteiger partial charge in [0.2, 0.25) is 5.91 Å². The van der Waals surface area contributed by atoms with Crippen LogP contribution >= 0.6 is 39.3 Å². The van der Waals surface area contributed by atoms with Crippen LogP contribution in [0.25, 0.3) is 11.4 Å². The van der Waals surface area contributed by atoms with Gasteiger partial charge in [-0.15, -0.1) is 16.8 Å². The molecule has 0 saturated heterocycles. The highest BCUT2D eigenvalue weighted by Crippen LogP contribution is 2.29. The van der Waals surface area contributed by atoms with E-state index in [2.05, 4.69) is 38.0 Å². The standard InChI is InChI=1S/C24H24BrClN4O2S/c1-2-13-30-23(16-7-10-19(11-8-16)32-18-5-3-4-6-18)28-29-24(30)33-15-22(31)27-21-12-9-17(25)14-20(21)26/h2,7-12,14,18H,1,3-6,13,15H2,(H,27,31). The zero-order chi connectivity index (χ0) is 23.2. The lowest BCUT2D eigenvalue weighted by atomic mass is 10.2. The Labute approximate surface area is 210 Å². The predicted molar refractivity (Wildman–Crippen MR) is 137 cm³/mol. The SMILES string of the molecule is C=CCn1c(SCC(=O)Nc2ccc(Br)cc2Cl)nnc1-c1ccc(OC2CCCC2)cc1. The minimum absolute atomic E-state index is 0.174. The molecule has 0 aliphatic heterocycles. The van der Waals surface area contributed by atoms with Crippen molar-refractivity contribution < 1.29 is 9.53 Å². The molecule has 172 valence electrons. The van der Waals surface area contributed by atoms with Gasteiger partial charge in [-0.25, -0.2) is 0 Å². The average molecular weight is 548 g/mol. The van der Waals surface area contributed by atoms with Gasteiger partial charge in [0.05, 0.1) is 22.6 Å². The van der Waals surface area contributed by atoms with Crippen LogP contribution in [0.4, 0.5) is 5.69 Å². The minimum atomic E-state index is -0.174. The second kappa shape index (κ2) is 11.2. The second-order valence-corrected chi connectivity index (χ2v) is 9.98. The number of hydrogen-bond acceptors (Lipinski definition) is 5. The van der Waals surface area contributed by atoms with Crippen molar-refractivity contribution in [3.05, 3.63) is 64.6 Å². The van der Waals surface area contributed by atoms with Gasteiger partial charge in [-0.3, -0.25) is 9.36 Å². The van der Waals surface area contributed by atoms with E-state index < -0.39 is 0 Å². The van der Waals surface area contributed by atoms with Gasteiger partial charge in [0.1, 0.15) is 5.75 Å². The number of amides is 1. The van der Waals surface area contributed by atoms with Gasteiger partial charge in [0.25, 0.3) is 0 Å². The number of halogens is 2. The van der Waals surface area contributed by atoms with Crippen molar-refractivity contribution in [1.29, 1.82) is 0 Å². The van der Waals surface area contributed by atoms with Crippen LogP contribution in [0.2, 0.25) is 5.02 Å². The van der Waals surface area contributed by atoms with Gasteiger partial charge in [-0.2, -0.15) is 0 Å². The highest BCUT2D eigenvalue weighted by atomic mass is 79.9. The summed E-state index contributed by atoms with van der Waals surface area (Å²) in [5.74, 6) is 1.60. The Hall–Kier alpha value is -2.29. The third kappa shape index (κ3) is 6.19. The van der Waals surface area contributed by atoms with Crippen molar-refractivity contribution in [3.8, 4) is 17.1 Å². The highest BCUT2D eigenvalue weighted by Gasteiger charge is 2.18. The topological polar surface area (TPSA) is 69.0 Å². The Morgan fingerprint density at radius 2 is 2.00 bits per heavy atom. The van der Waals surface area contributed by atoms with Gasteiger partial charge in [-0.1, -0.05) is 45.4 Å².